The Labute approximate surface area is 95.8 Å². The molecule has 0 spiro atoms. The van der Waals surface area contributed by atoms with Crippen LogP contribution in [0.4, 0.5) is 0 Å². The molecule has 0 aromatic carbocycles. The van der Waals surface area contributed by atoms with E-state index in [0.717, 1.165) is 29.6 Å². The lowest BCUT2D eigenvalue weighted by Crippen LogP contribution is -2.41. The Balaban J connectivity index is 2.36. The topological polar surface area (TPSA) is 0 Å². The fourth-order valence-electron chi connectivity index (χ4n) is 5.66. The van der Waals surface area contributed by atoms with Gasteiger partial charge in [0.05, 0.1) is 0 Å². The van der Waals surface area contributed by atoms with Crippen LogP contribution < -0.4 is 0 Å². The Morgan fingerprint density at radius 3 is 2.13 bits per heavy atom. The van der Waals surface area contributed by atoms with Crippen LogP contribution >= 0.6 is 0 Å². The summed E-state index contributed by atoms with van der Waals surface area (Å²) in [7, 11) is 0. The van der Waals surface area contributed by atoms with Crippen molar-refractivity contribution in [1.29, 1.82) is 0 Å². The molecule has 0 heterocycles. The van der Waals surface area contributed by atoms with E-state index in [1.54, 1.807) is 0 Å². The van der Waals surface area contributed by atoms with E-state index in [9.17, 15) is 0 Å². The van der Waals surface area contributed by atoms with Crippen LogP contribution in [-0.2, 0) is 0 Å². The third kappa shape index (κ3) is 1.40. The largest absolute Gasteiger partial charge is 0.0622 e. The summed E-state index contributed by atoms with van der Waals surface area (Å²) < 4.78 is 0. The second-order valence-corrected chi connectivity index (χ2v) is 6.74. The molecule has 0 heteroatoms. The van der Waals surface area contributed by atoms with Crippen molar-refractivity contribution in [2.24, 2.45) is 35.0 Å². The Hall–Kier alpha value is 0. The molecule has 0 N–H and O–H groups in total. The Morgan fingerprint density at radius 2 is 1.60 bits per heavy atom. The molecule has 0 nitrogen and oxygen atoms in total. The zero-order valence-corrected chi connectivity index (χ0v) is 11.2. The average molecular weight is 208 g/mol. The maximum atomic E-state index is 2.53. The maximum Gasteiger partial charge on any atom is -0.0195 e. The average Bonchev–Trinajstić information content (AvgIpc) is 2.60. The van der Waals surface area contributed by atoms with E-state index in [4.69, 9.17) is 0 Å². The van der Waals surface area contributed by atoms with Crippen LogP contribution in [0.1, 0.15) is 60.3 Å². The summed E-state index contributed by atoms with van der Waals surface area (Å²) in [6, 6.07) is 0. The number of hydrogen-bond acceptors (Lipinski definition) is 0. The zero-order valence-electron chi connectivity index (χ0n) is 11.2. The van der Waals surface area contributed by atoms with E-state index in [-0.39, 0.29) is 0 Å². The molecule has 2 aliphatic carbocycles. The summed E-state index contributed by atoms with van der Waals surface area (Å²) in [5.41, 5.74) is 0.654. The van der Waals surface area contributed by atoms with Crippen LogP contribution in [0.15, 0.2) is 0 Å². The molecule has 2 aliphatic rings. The molecular weight excluding hydrogens is 180 g/mol. The summed E-state index contributed by atoms with van der Waals surface area (Å²) in [6.45, 7) is 12.4. The molecule has 0 saturated heterocycles. The summed E-state index contributed by atoms with van der Waals surface area (Å²) in [5, 5.41) is 0. The molecule has 0 radical (unpaired) electrons. The summed E-state index contributed by atoms with van der Waals surface area (Å²) in [5.74, 6) is 4.80. The highest BCUT2D eigenvalue weighted by Crippen LogP contribution is 2.63. The van der Waals surface area contributed by atoms with Gasteiger partial charge in [0.25, 0.3) is 0 Å². The van der Waals surface area contributed by atoms with Crippen LogP contribution in [0.2, 0.25) is 0 Å². The number of fused-ring (bicyclic) bond motifs is 1. The van der Waals surface area contributed by atoms with Crippen LogP contribution in [0.5, 0.6) is 0 Å². The molecule has 2 rings (SSSR count). The van der Waals surface area contributed by atoms with Gasteiger partial charge in [0.1, 0.15) is 0 Å². The molecule has 0 bridgehead atoms. The van der Waals surface area contributed by atoms with Gasteiger partial charge >= 0.3 is 0 Å². The second kappa shape index (κ2) is 3.79. The van der Waals surface area contributed by atoms with Gasteiger partial charge in [-0.25, -0.2) is 0 Å². The van der Waals surface area contributed by atoms with Gasteiger partial charge in [-0.3, -0.25) is 0 Å². The van der Waals surface area contributed by atoms with Gasteiger partial charge in [0, 0.05) is 0 Å². The molecule has 0 aromatic rings. The van der Waals surface area contributed by atoms with E-state index < -0.39 is 0 Å². The first-order chi connectivity index (χ1) is 7.01. The highest BCUT2D eigenvalue weighted by Gasteiger charge is 2.56. The lowest BCUT2D eigenvalue weighted by molar-refractivity contribution is 0.0127. The highest BCUT2D eigenvalue weighted by atomic mass is 14.6. The third-order valence-electron chi connectivity index (χ3n) is 5.81. The molecule has 15 heavy (non-hydrogen) atoms. The summed E-state index contributed by atoms with van der Waals surface area (Å²) in [4.78, 5) is 0. The molecule has 0 aliphatic heterocycles. The van der Waals surface area contributed by atoms with Crippen LogP contribution in [0, 0.1) is 35.0 Å². The van der Waals surface area contributed by atoms with E-state index in [0.29, 0.717) is 5.41 Å². The first kappa shape index (κ1) is 11.5. The minimum atomic E-state index is 0.654. The van der Waals surface area contributed by atoms with Crippen molar-refractivity contribution in [2.75, 3.05) is 0 Å². The zero-order chi connectivity index (χ0) is 11.2. The quantitative estimate of drug-likeness (QED) is 0.615. The van der Waals surface area contributed by atoms with Crippen molar-refractivity contribution in [2.45, 2.75) is 60.3 Å². The van der Waals surface area contributed by atoms with Gasteiger partial charge in [-0.15, -0.1) is 0 Å². The molecule has 0 aromatic heterocycles. The van der Waals surface area contributed by atoms with E-state index >= 15 is 0 Å². The van der Waals surface area contributed by atoms with E-state index in [1.807, 2.05) is 0 Å². The van der Waals surface area contributed by atoms with Crippen molar-refractivity contribution in [3.8, 4) is 0 Å². The number of rotatable bonds is 2. The van der Waals surface area contributed by atoms with Crippen molar-refractivity contribution in [1.82, 2.24) is 0 Å². The predicted molar refractivity (Wildman–Crippen MR) is 66.7 cm³/mol. The Bertz CT molecular complexity index is 218. The summed E-state index contributed by atoms with van der Waals surface area (Å²) >= 11 is 0. The SMILES string of the molecule is CC(C)C1(C(C)C)C2CCCC2C[C@@H]1C. The van der Waals surface area contributed by atoms with Gasteiger partial charge in [-0.2, -0.15) is 0 Å². The molecule has 0 amide bonds. The molecular formula is C15H28. The maximum absolute atomic E-state index is 2.53. The smallest absolute Gasteiger partial charge is 0.0195 e. The lowest BCUT2D eigenvalue weighted by atomic mass is 9.58. The molecule has 2 saturated carbocycles. The fraction of sp³-hybridized carbons (Fsp3) is 1.00. The van der Waals surface area contributed by atoms with Gasteiger partial charge in [-0.1, -0.05) is 47.5 Å². The number of hydrogen-bond donors (Lipinski definition) is 0. The normalized spacial score (nSPS) is 39.0. The van der Waals surface area contributed by atoms with Crippen molar-refractivity contribution >= 4 is 0 Å². The third-order valence-corrected chi connectivity index (χ3v) is 5.81. The minimum Gasteiger partial charge on any atom is -0.0622 e. The van der Waals surface area contributed by atoms with Crippen molar-refractivity contribution < 1.29 is 0 Å². The Kier molecular flexibility index (Phi) is 2.90. The molecule has 2 unspecified atom stereocenters. The van der Waals surface area contributed by atoms with Crippen LogP contribution in [0.3, 0.4) is 0 Å². The monoisotopic (exact) mass is 208 g/mol. The molecule has 3 atom stereocenters. The lowest BCUT2D eigenvalue weighted by Gasteiger charge is -2.47. The van der Waals surface area contributed by atoms with Gasteiger partial charge in [-0.05, 0) is 47.8 Å². The summed E-state index contributed by atoms with van der Waals surface area (Å²) in [6.07, 6.45) is 6.06. The van der Waals surface area contributed by atoms with Crippen molar-refractivity contribution in [3.05, 3.63) is 0 Å². The highest BCUT2D eigenvalue weighted by molar-refractivity contribution is 5.05. The van der Waals surface area contributed by atoms with Gasteiger partial charge in [0.2, 0.25) is 0 Å². The first-order valence-corrected chi connectivity index (χ1v) is 7.01. The fourth-order valence-corrected chi connectivity index (χ4v) is 5.66. The Morgan fingerprint density at radius 1 is 1.00 bits per heavy atom. The second-order valence-electron chi connectivity index (χ2n) is 6.74. The minimum absolute atomic E-state index is 0.654. The van der Waals surface area contributed by atoms with Crippen LogP contribution in [0.25, 0.3) is 0 Å². The predicted octanol–water partition coefficient (Wildman–Crippen LogP) is 4.74. The molecule has 88 valence electrons. The van der Waals surface area contributed by atoms with E-state index in [2.05, 4.69) is 34.6 Å². The standard InChI is InChI=1S/C15H28/c1-10(2)15(11(3)4)12(5)9-13-7-6-8-14(13)15/h10-14H,6-9H2,1-5H3/t12-,13?,14?/m0/s1. The van der Waals surface area contributed by atoms with Crippen LogP contribution in [-0.4, -0.2) is 0 Å². The van der Waals surface area contributed by atoms with Gasteiger partial charge in [0.15, 0.2) is 0 Å². The molecule has 2 fully saturated rings. The van der Waals surface area contributed by atoms with E-state index in [1.165, 1.54) is 25.7 Å². The van der Waals surface area contributed by atoms with Gasteiger partial charge < -0.3 is 0 Å². The first-order valence-electron chi connectivity index (χ1n) is 7.01. The van der Waals surface area contributed by atoms with Crippen molar-refractivity contribution in [3.63, 3.8) is 0 Å².